The number of aromatic hydroxyl groups is 1. The van der Waals surface area contributed by atoms with Gasteiger partial charge >= 0.3 is 0 Å². The lowest BCUT2D eigenvalue weighted by molar-refractivity contribution is -0.116. The lowest BCUT2D eigenvalue weighted by atomic mass is 9.91. The van der Waals surface area contributed by atoms with Crippen LogP contribution in [0.25, 0.3) is 10.9 Å². The van der Waals surface area contributed by atoms with Crippen molar-refractivity contribution in [3.05, 3.63) is 82.9 Å². The maximum Gasteiger partial charge on any atom is 0.296 e. The number of thiol groups is 1. The van der Waals surface area contributed by atoms with Crippen LogP contribution in [-0.2, 0) is 4.79 Å². The third-order valence-electron chi connectivity index (χ3n) is 8.28. The average Bonchev–Trinajstić information content (AvgIpc) is 3.32. The van der Waals surface area contributed by atoms with E-state index in [4.69, 9.17) is 4.99 Å². The molecule has 1 aromatic heterocycles. The number of anilines is 1. The Hall–Kier alpha value is -4.37. The number of aromatic nitrogens is 1. The van der Waals surface area contributed by atoms with E-state index in [9.17, 15) is 18.7 Å². The fourth-order valence-electron chi connectivity index (χ4n) is 5.76. The molecule has 8 nitrogen and oxygen atoms in total. The molecule has 3 heterocycles. The second-order valence-electron chi connectivity index (χ2n) is 12.1. The maximum absolute atomic E-state index is 14.4. The number of rotatable bonds is 6. The van der Waals surface area contributed by atoms with Crippen molar-refractivity contribution in [2.45, 2.75) is 36.7 Å². The molecule has 11 heteroatoms. The lowest BCUT2D eigenvalue weighted by Gasteiger charge is -2.38. The van der Waals surface area contributed by atoms with Gasteiger partial charge in [0.1, 0.15) is 0 Å². The number of benzene rings is 3. The van der Waals surface area contributed by atoms with Crippen LogP contribution in [0.1, 0.15) is 42.1 Å². The van der Waals surface area contributed by atoms with Crippen molar-refractivity contribution >= 4 is 46.5 Å². The monoisotopic (exact) mass is 642 g/mol. The summed E-state index contributed by atoms with van der Waals surface area (Å²) in [5.41, 5.74) is 4.60. The molecule has 6 rings (SSSR count). The first-order chi connectivity index (χ1) is 22.0. The quantitative estimate of drug-likeness (QED) is 0.113. The van der Waals surface area contributed by atoms with E-state index in [1.165, 1.54) is 0 Å². The zero-order valence-corrected chi connectivity index (χ0v) is 26.8. The Balaban J connectivity index is 1.43. The van der Waals surface area contributed by atoms with Crippen LogP contribution in [0.5, 0.6) is 5.88 Å². The molecule has 2 saturated heterocycles. The number of aromatic amines is 1. The topological polar surface area (TPSA) is 96.0 Å². The van der Waals surface area contributed by atoms with Crippen LogP contribution in [0.4, 0.5) is 20.2 Å². The van der Waals surface area contributed by atoms with Gasteiger partial charge in [-0.25, -0.2) is 13.8 Å². The van der Waals surface area contributed by atoms with E-state index in [2.05, 4.69) is 56.9 Å². The molecule has 1 atom stereocenters. The minimum Gasteiger partial charge on any atom is -0.494 e. The van der Waals surface area contributed by atoms with Gasteiger partial charge in [-0.3, -0.25) is 10.1 Å². The van der Waals surface area contributed by atoms with Gasteiger partial charge in [0.25, 0.3) is 11.8 Å². The highest BCUT2D eigenvalue weighted by molar-refractivity contribution is 7.80. The molecule has 46 heavy (non-hydrogen) atoms. The molecule has 1 amide bonds. The number of hydrogen-bond donors (Lipinski definition) is 5. The Morgan fingerprint density at radius 2 is 1.85 bits per heavy atom. The summed E-state index contributed by atoms with van der Waals surface area (Å²) in [6, 6.07) is 17.1. The minimum atomic E-state index is -2.86. The van der Waals surface area contributed by atoms with Crippen molar-refractivity contribution < 1.29 is 18.7 Å². The largest absolute Gasteiger partial charge is 0.494 e. The van der Waals surface area contributed by atoms with Crippen molar-refractivity contribution in [3.63, 3.8) is 0 Å². The van der Waals surface area contributed by atoms with E-state index < -0.39 is 17.9 Å². The summed E-state index contributed by atoms with van der Waals surface area (Å²) in [7, 11) is 2.12. The number of nitrogens with zero attached hydrogens (tertiary/aromatic N) is 3. The number of piperazine rings is 1. The van der Waals surface area contributed by atoms with Crippen molar-refractivity contribution in [1.82, 2.24) is 20.5 Å². The molecule has 0 aliphatic carbocycles. The molecule has 0 spiro atoms. The summed E-state index contributed by atoms with van der Waals surface area (Å²) in [5, 5.41) is 17.5. The van der Waals surface area contributed by atoms with E-state index in [1.807, 2.05) is 38.1 Å². The van der Waals surface area contributed by atoms with E-state index in [0.29, 0.717) is 49.5 Å². The number of likely N-dealkylation sites (N-methyl/N-ethyl adjacent to an activating group) is 1. The Kier molecular flexibility index (Phi) is 8.79. The number of H-pyrrole nitrogens is 1. The van der Waals surface area contributed by atoms with Crippen LogP contribution in [-0.4, -0.2) is 78.3 Å². The van der Waals surface area contributed by atoms with Crippen LogP contribution in [0, 0.1) is 11.8 Å². The molecular formula is C35H36F2N6O2S. The molecule has 0 bridgehead atoms. The fourth-order valence-corrected chi connectivity index (χ4v) is 6.01. The number of carbonyl (C=O) groups is 1. The molecule has 3 aromatic carbocycles. The number of hydrogen-bond acceptors (Lipinski definition) is 7. The molecule has 0 saturated carbocycles. The lowest BCUT2D eigenvalue weighted by Crippen LogP contribution is -2.55. The average molecular weight is 643 g/mol. The standard InChI is InChI=1S/C35H36F2N6O2S/c1-21(2)39-30(44)12-7-22-18-28-27(19-29(22)46)31(34(45)41-28)32(23-5-4-6-24(17-23)33-35(36,37)20-38-33)40-25-8-10-26(11-9-25)43-15-13-42(3)14-16-43/h4-6,8-11,17-19,21,33,38,41,45-46H,13-16,20H2,1-3H3,(H,39,44). The summed E-state index contributed by atoms with van der Waals surface area (Å²) >= 11 is 4.64. The van der Waals surface area contributed by atoms with Crippen LogP contribution >= 0.6 is 12.6 Å². The molecular weight excluding hydrogens is 606 g/mol. The zero-order valence-electron chi connectivity index (χ0n) is 25.9. The van der Waals surface area contributed by atoms with E-state index in [-0.39, 0.29) is 18.5 Å². The smallest absolute Gasteiger partial charge is 0.296 e. The highest BCUT2D eigenvalue weighted by Crippen LogP contribution is 2.39. The van der Waals surface area contributed by atoms with Gasteiger partial charge in [-0.15, -0.1) is 12.6 Å². The first kappa shape index (κ1) is 31.6. The molecule has 0 radical (unpaired) electrons. The molecule has 2 fully saturated rings. The van der Waals surface area contributed by atoms with Crippen molar-refractivity contribution in [2.24, 2.45) is 4.99 Å². The number of alkyl halides is 2. The first-order valence-electron chi connectivity index (χ1n) is 15.2. The maximum atomic E-state index is 14.4. The van der Waals surface area contributed by atoms with Crippen molar-refractivity contribution in [2.75, 3.05) is 44.7 Å². The first-order valence-corrected chi connectivity index (χ1v) is 15.7. The van der Waals surface area contributed by atoms with Gasteiger partial charge in [-0.1, -0.05) is 24.1 Å². The number of halogens is 2. The number of amides is 1. The predicted molar refractivity (Wildman–Crippen MR) is 181 cm³/mol. The van der Waals surface area contributed by atoms with E-state index in [0.717, 1.165) is 31.9 Å². The molecule has 2 aliphatic rings. The number of nitrogens with one attached hydrogen (secondary N) is 3. The summed E-state index contributed by atoms with van der Waals surface area (Å²) < 4.78 is 28.8. The molecule has 4 aromatic rings. The molecule has 1 unspecified atom stereocenters. The van der Waals surface area contributed by atoms with Gasteiger partial charge in [-0.2, -0.15) is 0 Å². The van der Waals surface area contributed by atoms with E-state index >= 15 is 0 Å². The van der Waals surface area contributed by atoms with Gasteiger partial charge in [0.15, 0.2) is 5.88 Å². The summed E-state index contributed by atoms with van der Waals surface area (Å²) in [6.45, 7) is 7.16. The molecule has 4 N–H and O–H groups in total. The van der Waals surface area contributed by atoms with Gasteiger partial charge in [-0.05, 0) is 68.9 Å². The Morgan fingerprint density at radius 1 is 1.11 bits per heavy atom. The number of aliphatic imine (C=N–C) groups is 1. The number of fused-ring (bicyclic) bond motifs is 1. The van der Waals surface area contributed by atoms with Gasteiger partial charge in [0.05, 0.1) is 35.1 Å². The third-order valence-corrected chi connectivity index (χ3v) is 8.65. The Labute approximate surface area is 272 Å². The van der Waals surface area contributed by atoms with E-state index in [1.54, 1.807) is 36.4 Å². The Morgan fingerprint density at radius 3 is 2.50 bits per heavy atom. The van der Waals surface area contributed by atoms with Crippen molar-refractivity contribution in [3.8, 4) is 17.7 Å². The fraction of sp³-hybridized carbons (Fsp3) is 0.314. The summed E-state index contributed by atoms with van der Waals surface area (Å²) in [5.74, 6) is 2.03. The third kappa shape index (κ3) is 6.60. The van der Waals surface area contributed by atoms with Gasteiger partial charge < -0.3 is 25.2 Å². The summed E-state index contributed by atoms with van der Waals surface area (Å²) in [6.07, 6.45) is 0. The van der Waals surface area contributed by atoms with Gasteiger partial charge in [0.2, 0.25) is 0 Å². The second-order valence-corrected chi connectivity index (χ2v) is 12.6. The highest BCUT2D eigenvalue weighted by Gasteiger charge is 2.49. The van der Waals surface area contributed by atoms with Crippen LogP contribution in [0.3, 0.4) is 0 Å². The van der Waals surface area contributed by atoms with Crippen molar-refractivity contribution in [1.29, 1.82) is 0 Å². The van der Waals surface area contributed by atoms with Gasteiger partial charge in [0, 0.05) is 65.2 Å². The normalized spacial score (nSPS) is 18.3. The zero-order chi connectivity index (χ0) is 32.6. The predicted octanol–water partition coefficient (Wildman–Crippen LogP) is 5.24. The van der Waals surface area contributed by atoms with Crippen LogP contribution in [0.2, 0.25) is 0 Å². The number of carbonyl (C=O) groups excluding carboxylic acids is 1. The SMILES string of the molecule is CC(C)NC(=O)C#Cc1cc2[nH]c(O)c(C(=Nc3ccc(N4CCN(C)CC4)cc3)c3cccc(C4NCC4(F)F)c3)c2cc1S. The molecule has 238 valence electrons. The highest BCUT2D eigenvalue weighted by atomic mass is 32.1. The molecule has 2 aliphatic heterocycles. The second kappa shape index (κ2) is 12.8. The minimum absolute atomic E-state index is 0.0480. The van der Waals surface area contributed by atoms with Crippen LogP contribution in [0.15, 0.2) is 70.6 Å². The van der Waals surface area contributed by atoms with Crippen LogP contribution < -0.4 is 15.5 Å². The Bertz CT molecular complexity index is 1870. The summed E-state index contributed by atoms with van der Waals surface area (Å²) in [4.78, 5) is 25.3.